The van der Waals surface area contributed by atoms with Crippen molar-refractivity contribution in [1.29, 1.82) is 0 Å². The molecule has 0 spiro atoms. The summed E-state index contributed by atoms with van der Waals surface area (Å²) in [6, 6.07) is 12.1. The van der Waals surface area contributed by atoms with E-state index in [1.165, 1.54) is 10.7 Å². The van der Waals surface area contributed by atoms with Crippen molar-refractivity contribution in [1.82, 2.24) is 19.8 Å². The van der Waals surface area contributed by atoms with Gasteiger partial charge in [0.2, 0.25) is 15.9 Å². The number of aromatic nitrogens is 2. The Morgan fingerprint density at radius 2 is 1.84 bits per heavy atom. The molecule has 1 amide bonds. The minimum Gasteiger partial charge on any atom is -0.437 e. The van der Waals surface area contributed by atoms with Gasteiger partial charge in [0.05, 0.1) is 10.6 Å². The summed E-state index contributed by atoms with van der Waals surface area (Å²) >= 11 is 0. The number of carbonyl (C=O) groups is 1. The summed E-state index contributed by atoms with van der Waals surface area (Å²) < 4.78 is 36.5. The summed E-state index contributed by atoms with van der Waals surface area (Å²) in [5.74, 6) is -0.463. The van der Waals surface area contributed by atoms with Gasteiger partial charge in [0.1, 0.15) is 10.6 Å². The van der Waals surface area contributed by atoms with E-state index in [-0.39, 0.29) is 23.4 Å². The third kappa shape index (κ3) is 6.52. The zero-order valence-corrected chi connectivity index (χ0v) is 22.4. The van der Waals surface area contributed by atoms with Gasteiger partial charge in [-0.3, -0.25) is 14.9 Å². The highest BCUT2D eigenvalue weighted by atomic mass is 32.2. The maximum absolute atomic E-state index is 13.2. The Balaban J connectivity index is 2.20. The van der Waals surface area contributed by atoms with Gasteiger partial charge in [0.15, 0.2) is 5.69 Å². The molecule has 3 aromatic rings. The number of para-hydroxylation sites is 1. The van der Waals surface area contributed by atoms with E-state index in [1.54, 1.807) is 52.0 Å². The van der Waals surface area contributed by atoms with E-state index < -0.39 is 37.0 Å². The van der Waals surface area contributed by atoms with Crippen LogP contribution in [0.15, 0.2) is 53.4 Å². The van der Waals surface area contributed by atoms with E-state index in [0.717, 1.165) is 18.6 Å². The predicted octanol–water partition coefficient (Wildman–Crippen LogP) is 4.49. The molecule has 1 heterocycles. The van der Waals surface area contributed by atoms with Crippen molar-refractivity contribution in [3.63, 3.8) is 0 Å². The van der Waals surface area contributed by atoms with Gasteiger partial charge in [-0.05, 0) is 59.2 Å². The second-order valence-electron chi connectivity index (χ2n) is 9.65. The van der Waals surface area contributed by atoms with Crippen molar-refractivity contribution in [3.05, 3.63) is 69.9 Å². The number of nitrogens with zero attached hydrogens (tertiary/aromatic N) is 3. The number of amides is 1. The first kappa shape index (κ1) is 27.8. The molecule has 198 valence electrons. The molecule has 0 aliphatic rings. The highest BCUT2D eigenvalue weighted by Gasteiger charge is 2.30. The summed E-state index contributed by atoms with van der Waals surface area (Å²) in [7, 11) is -4.23. The first-order valence-corrected chi connectivity index (χ1v) is 13.2. The number of sulfonamides is 1. The molecule has 0 fully saturated rings. The Hall–Kier alpha value is -3.77. The maximum Gasteiger partial charge on any atom is 0.272 e. The van der Waals surface area contributed by atoms with Crippen molar-refractivity contribution in [3.8, 4) is 17.3 Å². The molecule has 0 aliphatic heterocycles. The summed E-state index contributed by atoms with van der Waals surface area (Å²) in [6.07, 6.45) is 0.721. The van der Waals surface area contributed by atoms with Crippen molar-refractivity contribution in [2.45, 2.75) is 64.4 Å². The lowest BCUT2D eigenvalue weighted by molar-refractivity contribution is -0.385. The normalized spacial score (nSPS) is 12.7. The highest BCUT2D eigenvalue weighted by Crippen LogP contribution is 2.36. The van der Waals surface area contributed by atoms with Gasteiger partial charge in [0.25, 0.3) is 11.6 Å². The smallest absolute Gasteiger partial charge is 0.272 e. The quantitative estimate of drug-likeness (QED) is 0.307. The van der Waals surface area contributed by atoms with E-state index >= 15 is 0 Å². The number of hydrogen-bond acceptors (Lipinski definition) is 7. The highest BCUT2D eigenvalue weighted by molar-refractivity contribution is 7.89. The van der Waals surface area contributed by atoms with Crippen LogP contribution in [0.3, 0.4) is 0 Å². The van der Waals surface area contributed by atoms with Crippen LogP contribution in [0.5, 0.6) is 11.6 Å². The molecule has 0 saturated carbocycles. The lowest BCUT2D eigenvalue weighted by Gasteiger charge is -2.21. The first-order valence-electron chi connectivity index (χ1n) is 11.7. The minimum absolute atomic E-state index is 0.0898. The minimum atomic E-state index is -4.23. The Morgan fingerprint density at radius 1 is 1.19 bits per heavy atom. The predicted molar refractivity (Wildman–Crippen MR) is 139 cm³/mol. The SMILES string of the molecule is CC[C@H](C)NC(=O)c1nn(-c2ccccc2)c(Oc2ccc([N+](=O)[O-])cc2S(=O)(=O)NC(C)(C)C)c1C. The van der Waals surface area contributed by atoms with Crippen molar-refractivity contribution < 1.29 is 22.9 Å². The molecule has 2 aromatic carbocycles. The van der Waals surface area contributed by atoms with Crippen LogP contribution in [0.25, 0.3) is 5.69 Å². The van der Waals surface area contributed by atoms with Crippen LogP contribution in [0.1, 0.15) is 57.1 Å². The average molecular weight is 530 g/mol. The molecule has 1 aromatic heterocycles. The van der Waals surface area contributed by atoms with E-state index in [1.807, 2.05) is 19.9 Å². The number of non-ortho nitro benzene ring substituents is 1. The Morgan fingerprint density at radius 3 is 2.41 bits per heavy atom. The van der Waals surface area contributed by atoms with Crippen LogP contribution in [0, 0.1) is 17.0 Å². The van der Waals surface area contributed by atoms with Crippen LogP contribution in [0.2, 0.25) is 0 Å². The summed E-state index contributed by atoms with van der Waals surface area (Å²) in [6.45, 7) is 10.4. The number of rotatable bonds is 9. The van der Waals surface area contributed by atoms with Gasteiger partial charge in [-0.25, -0.2) is 13.1 Å². The van der Waals surface area contributed by atoms with Gasteiger partial charge in [-0.2, -0.15) is 9.78 Å². The fourth-order valence-electron chi connectivity index (χ4n) is 3.42. The molecule has 0 saturated heterocycles. The monoisotopic (exact) mass is 529 g/mol. The zero-order chi connectivity index (χ0) is 27.5. The van der Waals surface area contributed by atoms with E-state index in [9.17, 15) is 23.3 Å². The number of nitro benzene ring substituents is 1. The molecule has 1 atom stereocenters. The van der Waals surface area contributed by atoms with Crippen LogP contribution in [-0.2, 0) is 10.0 Å². The largest absolute Gasteiger partial charge is 0.437 e. The van der Waals surface area contributed by atoms with Gasteiger partial charge in [-0.1, -0.05) is 25.1 Å². The van der Waals surface area contributed by atoms with Crippen LogP contribution < -0.4 is 14.8 Å². The zero-order valence-electron chi connectivity index (χ0n) is 21.6. The van der Waals surface area contributed by atoms with Crippen molar-refractivity contribution in [2.24, 2.45) is 0 Å². The fraction of sp³-hybridized carbons (Fsp3) is 0.360. The van der Waals surface area contributed by atoms with E-state index in [4.69, 9.17) is 4.74 Å². The number of carbonyl (C=O) groups excluding carboxylic acids is 1. The average Bonchev–Trinajstić information content (AvgIpc) is 3.14. The van der Waals surface area contributed by atoms with E-state index in [0.29, 0.717) is 11.3 Å². The molecule has 2 N–H and O–H groups in total. The lowest BCUT2D eigenvalue weighted by atomic mass is 10.1. The van der Waals surface area contributed by atoms with Crippen molar-refractivity contribution >= 4 is 21.6 Å². The number of nitrogens with one attached hydrogen (secondary N) is 2. The number of ether oxygens (including phenoxy) is 1. The molecule has 0 bridgehead atoms. The van der Waals surface area contributed by atoms with Gasteiger partial charge in [-0.15, -0.1) is 0 Å². The van der Waals surface area contributed by atoms with Crippen LogP contribution in [0.4, 0.5) is 5.69 Å². The number of benzene rings is 2. The number of nitro groups is 1. The van der Waals surface area contributed by atoms with Gasteiger partial charge >= 0.3 is 0 Å². The molecular formula is C25H31N5O6S. The Labute approximate surface area is 216 Å². The molecule has 37 heavy (non-hydrogen) atoms. The Bertz CT molecular complexity index is 1410. The maximum atomic E-state index is 13.2. The second-order valence-corrected chi connectivity index (χ2v) is 11.3. The molecular weight excluding hydrogens is 498 g/mol. The summed E-state index contributed by atoms with van der Waals surface area (Å²) in [4.78, 5) is 23.3. The second kappa shape index (κ2) is 10.7. The molecule has 0 aliphatic carbocycles. The van der Waals surface area contributed by atoms with Gasteiger partial charge < -0.3 is 10.1 Å². The number of hydrogen-bond donors (Lipinski definition) is 2. The summed E-state index contributed by atoms with van der Waals surface area (Å²) in [5.41, 5.74) is -0.219. The third-order valence-electron chi connectivity index (χ3n) is 5.35. The fourth-order valence-corrected chi connectivity index (χ4v) is 4.99. The molecule has 11 nitrogen and oxygen atoms in total. The Kier molecular flexibility index (Phi) is 8.03. The van der Waals surface area contributed by atoms with E-state index in [2.05, 4.69) is 15.1 Å². The molecule has 0 radical (unpaired) electrons. The van der Waals surface area contributed by atoms with Crippen LogP contribution in [-0.4, -0.2) is 40.6 Å². The lowest BCUT2D eigenvalue weighted by Crippen LogP contribution is -2.40. The molecule has 0 unspecified atom stereocenters. The standard InChI is InChI=1S/C25H31N5O6S/c1-7-16(2)26-23(31)22-17(3)24(29(27-22)18-11-9-8-10-12-18)36-20-14-13-19(30(32)33)15-21(20)37(34,35)28-25(4,5)6/h8-16,28H,7H2,1-6H3,(H,26,31)/t16-/m0/s1. The third-order valence-corrected chi connectivity index (χ3v) is 7.13. The topological polar surface area (TPSA) is 145 Å². The first-order chi connectivity index (χ1) is 17.2. The van der Waals surface area contributed by atoms with Crippen molar-refractivity contribution in [2.75, 3.05) is 0 Å². The summed E-state index contributed by atoms with van der Waals surface area (Å²) in [5, 5.41) is 18.7. The van der Waals surface area contributed by atoms with Gasteiger partial charge in [0, 0.05) is 29.3 Å². The van der Waals surface area contributed by atoms with Crippen LogP contribution >= 0.6 is 0 Å². The molecule has 3 rings (SSSR count). The molecule has 12 heteroatoms.